The summed E-state index contributed by atoms with van der Waals surface area (Å²) in [6.07, 6.45) is 1.88. The fourth-order valence-corrected chi connectivity index (χ4v) is 4.09. The molecule has 0 aromatic heterocycles. The molecule has 0 N–H and O–H groups in total. The van der Waals surface area contributed by atoms with Gasteiger partial charge in [0.25, 0.3) is 10.2 Å². The van der Waals surface area contributed by atoms with E-state index >= 15 is 0 Å². The molecule has 19 heavy (non-hydrogen) atoms. The second kappa shape index (κ2) is 6.67. The lowest BCUT2D eigenvalue weighted by molar-refractivity contribution is -0.140. The number of esters is 1. The Balaban J connectivity index is 2.71. The summed E-state index contributed by atoms with van der Waals surface area (Å²) in [5.41, 5.74) is 0. The molecule has 6 nitrogen and oxygen atoms in total. The maximum atomic E-state index is 12.4. The molecular formula is C12H24N2O4S. The number of ether oxygens (including phenoxy) is 1. The Kier molecular flexibility index (Phi) is 5.76. The molecule has 0 aromatic rings. The van der Waals surface area contributed by atoms with Crippen LogP contribution in [0.15, 0.2) is 0 Å². The number of nitrogens with zero attached hydrogens (tertiary/aromatic N) is 2. The zero-order valence-corrected chi connectivity index (χ0v) is 12.9. The molecule has 0 saturated carbocycles. The highest BCUT2D eigenvalue weighted by Gasteiger charge is 2.37. The summed E-state index contributed by atoms with van der Waals surface area (Å²) in [6.45, 7) is 4.78. The summed E-state index contributed by atoms with van der Waals surface area (Å²) in [7, 11) is -0.672. The molecule has 1 heterocycles. The molecule has 1 aliphatic rings. The van der Waals surface area contributed by atoms with E-state index in [2.05, 4.69) is 4.74 Å². The first-order valence-corrected chi connectivity index (χ1v) is 8.00. The van der Waals surface area contributed by atoms with Crippen LogP contribution >= 0.6 is 0 Å². The number of methoxy groups -OCH3 is 1. The van der Waals surface area contributed by atoms with Gasteiger partial charge in [0, 0.05) is 26.2 Å². The monoisotopic (exact) mass is 292 g/mol. The Morgan fingerprint density at radius 3 is 2.63 bits per heavy atom. The first-order valence-electron chi connectivity index (χ1n) is 6.60. The Morgan fingerprint density at radius 1 is 1.47 bits per heavy atom. The number of hydrogen-bond acceptors (Lipinski definition) is 4. The highest BCUT2D eigenvalue weighted by Crippen LogP contribution is 2.27. The molecular weight excluding hydrogens is 268 g/mol. The molecule has 1 aliphatic heterocycles. The van der Waals surface area contributed by atoms with Crippen LogP contribution in [0.1, 0.15) is 33.1 Å². The zero-order chi connectivity index (χ0) is 14.6. The fraction of sp³-hybridized carbons (Fsp3) is 0.917. The minimum Gasteiger partial charge on any atom is -0.469 e. The largest absolute Gasteiger partial charge is 0.469 e. The molecule has 0 aromatic carbocycles. The van der Waals surface area contributed by atoms with Gasteiger partial charge in [-0.15, -0.1) is 0 Å². The highest BCUT2D eigenvalue weighted by molar-refractivity contribution is 7.86. The summed E-state index contributed by atoms with van der Waals surface area (Å²) in [5, 5.41) is 0. The molecule has 0 spiro atoms. The molecule has 112 valence electrons. The third-order valence-corrected chi connectivity index (χ3v) is 5.58. The summed E-state index contributed by atoms with van der Waals surface area (Å²) in [6, 6.07) is 0.0607. The van der Waals surface area contributed by atoms with Gasteiger partial charge in [0.2, 0.25) is 0 Å². The lowest BCUT2D eigenvalue weighted by atomic mass is 10.0. The van der Waals surface area contributed by atoms with E-state index < -0.39 is 16.2 Å². The van der Waals surface area contributed by atoms with Crippen molar-refractivity contribution in [1.29, 1.82) is 0 Å². The molecule has 0 bridgehead atoms. The molecule has 1 fully saturated rings. The quantitative estimate of drug-likeness (QED) is 0.681. The Labute approximate surface area is 115 Å². The Hall–Kier alpha value is -0.660. The smallest absolute Gasteiger partial charge is 0.306 e. The van der Waals surface area contributed by atoms with E-state index in [0.717, 1.165) is 12.8 Å². The van der Waals surface area contributed by atoms with E-state index in [-0.39, 0.29) is 19.0 Å². The lowest BCUT2D eigenvalue weighted by Crippen LogP contribution is -2.46. The van der Waals surface area contributed by atoms with Crippen LogP contribution in [0, 0.1) is 5.92 Å². The minimum absolute atomic E-state index is 0.0607. The average molecular weight is 292 g/mol. The number of hydrogen-bond donors (Lipinski definition) is 0. The lowest BCUT2D eigenvalue weighted by Gasteiger charge is -2.30. The van der Waals surface area contributed by atoms with Crippen molar-refractivity contribution in [1.82, 2.24) is 8.61 Å². The standard InChI is InChI=1S/C12H24N2O4S/c1-10(2)11-6-5-8-14(11)19(16,17)13(3)9-7-12(15)18-4/h10-11H,5-9H2,1-4H3. The highest BCUT2D eigenvalue weighted by atomic mass is 32.2. The second-order valence-electron chi connectivity index (χ2n) is 5.22. The van der Waals surface area contributed by atoms with Gasteiger partial charge in [0.1, 0.15) is 0 Å². The van der Waals surface area contributed by atoms with Gasteiger partial charge in [-0.25, -0.2) is 0 Å². The summed E-state index contributed by atoms with van der Waals surface area (Å²) < 4.78 is 32.2. The van der Waals surface area contributed by atoms with Crippen LogP contribution in [0.4, 0.5) is 0 Å². The predicted octanol–water partition coefficient (Wildman–Crippen LogP) is 0.846. The van der Waals surface area contributed by atoms with E-state index in [4.69, 9.17) is 0 Å². The average Bonchev–Trinajstić information content (AvgIpc) is 2.85. The molecule has 1 saturated heterocycles. The molecule has 1 unspecified atom stereocenters. The Bertz CT molecular complexity index is 408. The van der Waals surface area contributed by atoms with Gasteiger partial charge in [-0.05, 0) is 18.8 Å². The van der Waals surface area contributed by atoms with Crippen molar-refractivity contribution in [3.05, 3.63) is 0 Å². The van der Waals surface area contributed by atoms with E-state index in [0.29, 0.717) is 12.5 Å². The van der Waals surface area contributed by atoms with E-state index in [1.165, 1.54) is 18.5 Å². The number of rotatable bonds is 6. The van der Waals surface area contributed by atoms with Crippen molar-refractivity contribution in [2.75, 3.05) is 27.2 Å². The Morgan fingerprint density at radius 2 is 2.11 bits per heavy atom. The topological polar surface area (TPSA) is 66.9 Å². The summed E-state index contributed by atoms with van der Waals surface area (Å²) in [5.74, 6) is -0.102. The van der Waals surface area contributed by atoms with Crippen molar-refractivity contribution in [2.45, 2.75) is 39.2 Å². The minimum atomic E-state index is -3.48. The first-order chi connectivity index (χ1) is 8.80. The third kappa shape index (κ3) is 3.90. The van der Waals surface area contributed by atoms with Gasteiger partial charge in [-0.3, -0.25) is 4.79 Å². The van der Waals surface area contributed by atoms with Crippen molar-refractivity contribution in [3.8, 4) is 0 Å². The van der Waals surface area contributed by atoms with Crippen LogP contribution in [0.5, 0.6) is 0 Å². The van der Waals surface area contributed by atoms with Crippen molar-refractivity contribution in [3.63, 3.8) is 0 Å². The van der Waals surface area contributed by atoms with Crippen LogP contribution in [0.2, 0.25) is 0 Å². The number of carbonyl (C=O) groups excluding carboxylic acids is 1. The van der Waals surface area contributed by atoms with Crippen LogP contribution in [0.3, 0.4) is 0 Å². The molecule has 0 radical (unpaired) electrons. The van der Waals surface area contributed by atoms with Crippen LogP contribution in [0.25, 0.3) is 0 Å². The third-order valence-electron chi connectivity index (χ3n) is 3.57. The first kappa shape index (κ1) is 16.4. The van der Waals surface area contributed by atoms with E-state index in [1.807, 2.05) is 13.8 Å². The van der Waals surface area contributed by atoms with Crippen molar-refractivity contribution >= 4 is 16.2 Å². The van der Waals surface area contributed by atoms with Gasteiger partial charge < -0.3 is 4.74 Å². The predicted molar refractivity (Wildman–Crippen MR) is 72.7 cm³/mol. The van der Waals surface area contributed by atoms with Gasteiger partial charge in [-0.2, -0.15) is 17.0 Å². The van der Waals surface area contributed by atoms with Crippen LogP contribution < -0.4 is 0 Å². The van der Waals surface area contributed by atoms with Gasteiger partial charge >= 0.3 is 5.97 Å². The van der Waals surface area contributed by atoms with E-state index in [1.54, 1.807) is 4.31 Å². The van der Waals surface area contributed by atoms with Crippen LogP contribution in [-0.2, 0) is 19.7 Å². The van der Waals surface area contributed by atoms with Gasteiger partial charge in [0.15, 0.2) is 0 Å². The molecule has 0 aliphatic carbocycles. The van der Waals surface area contributed by atoms with Crippen molar-refractivity contribution < 1.29 is 17.9 Å². The molecule has 1 atom stereocenters. The van der Waals surface area contributed by atoms with Crippen LogP contribution in [-0.4, -0.2) is 56.3 Å². The summed E-state index contributed by atoms with van der Waals surface area (Å²) >= 11 is 0. The maximum absolute atomic E-state index is 12.4. The van der Waals surface area contributed by atoms with Crippen molar-refractivity contribution in [2.24, 2.45) is 5.92 Å². The number of carbonyl (C=O) groups is 1. The second-order valence-corrected chi connectivity index (χ2v) is 7.21. The zero-order valence-electron chi connectivity index (χ0n) is 12.1. The molecule has 0 amide bonds. The van der Waals surface area contributed by atoms with Gasteiger partial charge in [0.05, 0.1) is 13.5 Å². The maximum Gasteiger partial charge on any atom is 0.306 e. The normalized spacial score (nSPS) is 21.3. The van der Waals surface area contributed by atoms with E-state index in [9.17, 15) is 13.2 Å². The molecule has 7 heteroatoms. The fourth-order valence-electron chi connectivity index (χ4n) is 2.36. The molecule has 1 rings (SSSR count). The summed E-state index contributed by atoms with van der Waals surface area (Å²) in [4.78, 5) is 11.1. The van der Waals surface area contributed by atoms with Gasteiger partial charge in [-0.1, -0.05) is 13.8 Å². The SMILES string of the molecule is COC(=O)CCN(C)S(=O)(=O)N1CCCC1C(C)C.